The minimum atomic E-state index is -0.629. The average Bonchev–Trinajstić information content (AvgIpc) is 2.88. The number of Topliss-reactive ketones (excluding diaryl/α,β-unsaturated/α-hetero) is 1. The van der Waals surface area contributed by atoms with Crippen LogP contribution in [-0.2, 0) is 27.3 Å². The van der Waals surface area contributed by atoms with Gasteiger partial charge in [-0.05, 0) is 42.3 Å². The predicted octanol–water partition coefficient (Wildman–Crippen LogP) is 3.45. The summed E-state index contributed by atoms with van der Waals surface area (Å²) >= 11 is 0. The van der Waals surface area contributed by atoms with Crippen LogP contribution < -0.4 is 20.9 Å². The van der Waals surface area contributed by atoms with Gasteiger partial charge in [-0.3, -0.25) is 19.3 Å². The number of rotatable bonds is 9. The summed E-state index contributed by atoms with van der Waals surface area (Å²) in [6.45, 7) is 6.43. The Bertz CT molecular complexity index is 1290. The van der Waals surface area contributed by atoms with Crippen LogP contribution in [0.4, 0.5) is 22.9 Å². The second kappa shape index (κ2) is 11.7. The number of nitrogens with zero attached hydrogens (tertiary/aromatic N) is 3. The van der Waals surface area contributed by atoms with Gasteiger partial charge in [-0.1, -0.05) is 24.3 Å². The lowest BCUT2D eigenvalue weighted by Crippen LogP contribution is -2.36. The zero-order chi connectivity index (χ0) is 26.4. The number of pyridine rings is 1. The number of amides is 2. The molecule has 3 N–H and O–H groups in total. The number of nitrogens with two attached hydrogens (primary N) is 1. The first kappa shape index (κ1) is 25.8. The third kappa shape index (κ3) is 6.50. The van der Waals surface area contributed by atoms with Crippen LogP contribution >= 0.6 is 0 Å². The highest BCUT2D eigenvalue weighted by atomic mass is 16.5. The van der Waals surface area contributed by atoms with Crippen molar-refractivity contribution in [2.45, 2.75) is 26.8 Å². The fourth-order valence-corrected chi connectivity index (χ4v) is 4.35. The third-order valence-electron chi connectivity index (χ3n) is 6.11. The first-order valence-corrected chi connectivity index (χ1v) is 12.2. The minimum absolute atomic E-state index is 0.0854. The van der Waals surface area contributed by atoms with Crippen LogP contribution in [0.1, 0.15) is 35.3 Å². The van der Waals surface area contributed by atoms with Gasteiger partial charge in [-0.2, -0.15) is 0 Å². The van der Waals surface area contributed by atoms with E-state index in [0.717, 1.165) is 29.9 Å². The van der Waals surface area contributed by atoms with Gasteiger partial charge in [0.2, 0.25) is 5.91 Å². The molecule has 1 aliphatic heterocycles. The normalized spacial score (nSPS) is 13.2. The third-order valence-corrected chi connectivity index (χ3v) is 6.11. The van der Waals surface area contributed by atoms with Gasteiger partial charge < -0.3 is 20.7 Å². The Morgan fingerprint density at radius 2 is 1.73 bits per heavy atom. The molecular formula is C28H31N5O4. The molecule has 3 aromatic rings. The maximum Gasteiger partial charge on any atom is 0.252 e. The van der Waals surface area contributed by atoms with Crippen molar-refractivity contribution >= 4 is 40.5 Å². The molecule has 1 aromatic heterocycles. The Kier molecular flexibility index (Phi) is 8.15. The molecule has 192 valence electrons. The van der Waals surface area contributed by atoms with Crippen molar-refractivity contribution in [3.8, 4) is 0 Å². The highest BCUT2D eigenvalue weighted by Gasteiger charge is 2.20. The molecule has 2 aromatic carbocycles. The number of benzene rings is 2. The molecule has 2 heterocycles. The average molecular weight is 502 g/mol. The van der Waals surface area contributed by atoms with Gasteiger partial charge in [-0.15, -0.1) is 0 Å². The number of ketones is 1. The number of hydrogen-bond acceptors (Lipinski definition) is 7. The number of anilines is 4. The van der Waals surface area contributed by atoms with E-state index in [1.165, 1.54) is 18.0 Å². The molecule has 1 fully saturated rings. The second-order valence-electron chi connectivity index (χ2n) is 8.97. The van der Waals surface area contributed by atoms with E-state index in [0.29, 0.717) is 43.4 Å². The van der Waals surface area contributed by atoms with E-state index in [4.69, 9.17) is 10.5 Å². The number of nitrogens with one attached hydrogen (secondary N) is 1. The molecule has 1 saturated heterocycles. The summed E-state index contributed by atoms with van der Waals surface area (Å²) < 4.78 is 5.42. The Morgan fingerprint density at radius 1 is 1.03 bits per heavy atom. The van der Waals surface area contributed by atoms with Crippen molar-refractivity contribution in [3.05, 3.63) is 77.5 Å². The first-order chi connectivity index (χ1) is 17.8. The number of aromatic nitrogens is 1. The van der Waals surface area contributed by atoms with Crippen molar-refractivity contribution < 1.29 is 19.1 Å². The predicted molar refractivity (Wildman–Crippen MR) is 143 cm³/mol. The van der Waals surface area contributed by atoms with Gasteiger partial charge in [0, 0.05) is 50.9 Å². The zero-order valence-corrected chi connectivity index (χ0v) is 21.1. The van der Waals surface area contributed by atoms with Gasteiger partial charge in [-0.25, -0.2) is 4.98 Å². The molecule has 0 radical (unpaired) electrons. The van der Waals surface area contributed by atoms with E-state index < -0.39 is 5.91 Å². The standard InChI is InChI=1S/C28H31N5O4/c1-19(34)14-21-4-3-5-22(15-21)17-30-26-16-27(31-18-25(26)28(29)36)33(20(2)35)24-8-6-23(7-9-24)32-10-12-37-13-11-32/h3-9,15-16,18H,10-14,17H2,1-2H3,(H2,29,36)(H,30,31). The molecule has 0 saturated carbocycles. The highest BCUT2D eigenvalue weighted by molar-refractivity contribution is 6.01. The Labute approximate surface area is 216 Å². The molecule has 0 bridgehead atoms. The number of carbonyl (C=O) groups excluding carboxylic acids is 3. The van der Waals surface area contributed by atoms with Gasteiger partial charge >= 0.3 is 0 Å². The molecule has 1 aliphatic rings. The smallest absolute Gasteiger partial charge is 0.252 e. The van der Waals surface area contributed by atoms with Gasteiger partial charge in [0.05, 0.1) is 30.2 Å². The SMILES string of the molecule is CC(=O)Cc1cccc(CNc2cc(N(C(C)=O)c3ccc(N4CCOCC4)cc3)ncc2C(N)=O)c1. The van der Waals surface area contributed by atoms with Crippen LogP contribution in [0.2, 0.25) is 0 Å². The number of morpholine rings is 1. The van der Waals surface area contributed by atoms with Crippen molar-refractivity contribution in [1.82, 2.24) is 4.98 Å². The number of primary amides is 1. The Balaban J connectivity index is 1.59. The van der Waals surface area contributed by atoms with Crippen molar-refractivity contribution in [3.63, 3.8) is 0 Å². The van der Waals surface area contributed by atoms with Crippen molar-refractivity contribution in [1.29, 1.82) is 0 Å². The molecule has 0 aliphatic carbocycles. The van der Waals surface area contributed by atoms with Crippen LogP contribution in [0.5, 0.6) is 0 Å². The lowest BCUT2D eigenvalue weighted by Gasteiger charge is -2.29. The summed E-state index contributed by atoms with van der Waals surface area (Å²) in [5.41, 5.74) is 9.85. The largest absolute Gasteiger partial charge is 0.380 e. The van der Waals surface area contributed by atoms with Crippen LogP contribution in [-0.4, -0.2) is 48.9 Å². The van der Waals surface area contributed by atoms with Crippen LogP contribution in [0.15, 0.2) is 60.8 Å². The molecular weight excluding hydrogens is 470 g/mol. The fraction of sp³-hybridized carbons (Fsp3) is 0.286. The van der Waals surface area contributed by atoms with Crippen molar-refractivity contribution in [2.75, 3.05) is 41.4 Å². The topological polar surface area (TPSA) is 118 Å². The number of ether oxygens (including phenoxy) is 1. The van der Waals surface area contributed by atoms with E-state index in [2.05, 4.69) is 15.2 Å². The molecule has 9 heteroatoms. The first-order valence-electron chi connectivity index (χ1n) is 12.2. The van der Waals surface area contributed by atoms with Crippen LogP contribution in [0.3, 0.4) is 0 Å². The summed E-state index contributed by atoms with van der Waals surface area (Å²) in [6.07, 6.45) is 1.74. The zero-order valence-electron chi connectivity index (χ0n) is 21.1. The Morgan fingerprint density at radius 3 is 2.38 bits per heavy atom. The van der Waals surface area contributed by atoms with Gasteiger partial charge in [0.25, 0.3) is 5.91 Å². The monoisotopic (exact) mass is 501 g/mol. The highest BCUT2D eigenvalue weighted by Crippen LogP contribution is 2.30. The quantitative estimate of drug-likeness (QED) is 0.461. The van der Waals surface area contributed by atoms with Crippen LogP contribution in [0, 0.1) is 0 Å². The summed E-state index contributed by atoms with van der Waals surface area (Å²) in [5, 5.41) is 3.25. The summed E-state index contributed by atoms with van der Waals surface area (Å²) in [6, 6.07) is 17.0. The second-order valence-corrected chi connectivity index (χ2v) is 8.97. The molecule has 0 spiro atoms. The lowest BCUT2D eigenvalue weighted by atomic mass is 10.1. The van der Waals surface area contributed by atoms with Crippen LogP contribution in [0.25, 0.3) is 0 Å². The summed E-state index contributed by atoms with van der Waals surface area (Å²) in [5.74, 6) is -0.399. The van der Waals surface area contributed by atoms with E-state index in [1.807, 2.05) is 48.5 Å². The molecule has 37 heavy (non-hydrogen) atoms. The maximum atomic E-state index is 12.7. The molecule has 4 rings (SSSR count). The Hall–Kier alpha value is -4.24. The molecule has 9 nitrogen and oxygen atoms in total. The van der Waals surface area contributed by atoms with E-state index >= 15 is 0 Å². The number of hydrogen-bond donors (Lipinski definition) is 2. The molecule has 2 amide bonds. The van der Waals surface area contributed by atoms with E-state index in [9.17, 15) is 14.4 Å². The van der Waals surface area contributed by atoms with Gasteiger partial charge in [0.1, 0.15) is 11.6 Å². The summed E-state index contributed by atoms with van der Waals surface area (Å²) in [7, 11) is 0. The summed E-state index contributed by atoms with van der Waals surface area (Å²) in [4.78, 5) is 44.4. The molecule has 0 atom stereocenters. The van der Waals surface area contributed by atoms with Gasteiger partial charge in [0.15, 0.2) is 0 Å². The fourth-order valence-electron chi connectivity index (χ4n) is 4.35. The number of carbonyl (C=O) groups is 3. The van der Waals surface area contributed by atoms with Crippen molar-refractivity contribution in [2.24, 2.45) is 5.73 Å². The van der Waals surface area contributed by atoms with E-state index in [-0.39, 0.29) is 17.3 Å². The van der Waals surface area contributed by atoms with E-state index in [1.54, 1.807) is 13.0 Å². The maximum absolute atomic E-state index is 12.7. The molecule has 0 unspecified atom stereocenters. The lowest BCUT2D eigenvalue weighted by molar-refractivity contribution is -0.117. The minimum Gasteiger partial charge on any atom is -0.380 e.